The molecule has 0 radical (unpaired) electrons. The lowest BCUT2D eigenvalue weighted by molar-refractivity contribution is 0.0979. The number of halogens is 4. The fraction of sp³-hybridized carbons (Fsp3) is 0. The van der Waals surface area contributed by atoms with Gasteiger partial charge >= 0.3 is 0 Å². The van der Waals surface area contributed by atoms with E-state index in [0.29, 0.717) is 32.3 Å². The Morgan fingerprint density at radius 3 is 0.673 bits per heavy atom. The molecule has 0 aromatic heterocycles. The Morgan fingerprint density at radius 1 is 0.269 bits per heavy atom. The van der Waals surface area contributed by atoms with Gasteiger partial charge in [0.05, 0.1) is 0 Å². The SMILES string of the molecule is O=C1c2cc3cccc(F)c3cc2C(=O)c2cc3c(F)cccc3cc21.O=C1c2cc3cccc(F)c3cc2C(=O)c2cc3cccc(F)c3cc21. The maximum atomic E-state index is 14.1. The van der Waals surface area contributed by atoms with Crippen LogP contribution in [0, 0.1) is 23.3 Å². The van der Waals surface area contributed by atoms with Crippen LogP contribution in [0.3, 0.4) is 0 Å². The van der Waals surface area contributed by atoms with Crippen molar-refractivity contribution < 1.29 is 36.7 Å². The van der Waals surface area contributed by atoms with Gasteiger partial charge in [0.1, 0.15) is 23.3 Å². The summed E-state index contributed by atoms with van der Waals surface area (Å²) < 4.78 is 56.4. The van der Waals surface area contributed by atoms with E-state index in [1.54, 1.807) is 60.7 Å². The molecule has 8 aromatic rings. The lowest BCUT2D eigenvalue weighted by atomic mass is 9.81. The van der Waals surface area contributed by atoms with Crippen molar-refractivity contribution in [3.8, 4) is 0 Å². The zero-order chi connectivity index (χ0) is 36.0. The fourth-order valence-corrected chi connectivity index (χ4v) is 7.23. The van der Waals surface area contributed by atoms with Crippen molar-refractivity contribution in [2.75, 3.05) is 0 Å². The Kier molecular flexibility index (Phi) is 6.82. The van der Waals surface area contributed by atoms with E-state index in [0.717, 1.165) is 0 Å². The summed E-state index contributed by atoms with van der Waals surface area (Å²) >= 11 is 0. The third-order valence-corrected chi connectivity index (χ3v) is 9.82. The zero-order valence-electron chi connectivity index (χ0n) is 26.7. The molecule has 0 unspecified atom stereocenters. The Bertz CT molecular complexity index is 2780. The molecule has 0 amide bonds. The van der Waals surface area contributed by atoms with Crippen molar-refractivity contribution in [3.05, 3.63) is 189 Å². The summed E-state index contributed by atoms with van der Waals surface area (Å²) in [5.74, 6) is -3.23. The minimum absolute atomic E-state index is 0.149. The van der Waals surface area contributed by atoms with Crippen LogP contribution in [-0.2, 0) is 0 Å². The van der Waals surface area contributed by atoms with Crippen molar-refractivity contribution in [1.82, 2.24) is 0 Å². The monoisotopic (exact) mass is 688 g/mol. The average molecular weight is 689 g/mol. The first kappa shape index (κ1) is 31.2. The van der Waals surface area contributed by atoms with E-state index in [9.17, 15) is 36.7 Å². The van der Waals surface area contributed by atoms with Crippen LogP contribution in [0.5, 0.6) is 0 Å². The second kappa shape index (κ2) is 11.4. The standard InChI is InChI=1S/2C22H10F2O2/c23-19-5-1-3-11-7-15-17(9-13(11)19)22(26)16-8-12-4-2-6-20(24)14(12)10-18(16)21(15)25;23-19-5-1-3-11-7-15-17(9-13(11)19)22(26)18-10-14-12(4-2-6-20(14)24)8-16(18)21(15)25/h2*1-10H. The number of carbonyl (C=O) groups is 4. The van der Waals surface area contributed by atoms with Crippen molar-refractivity contribution in [2.45, 2.75) is 0 Å². The summed E-state index contributed by atoms with van der Waals surface area (Å²) in [7, 11) is 0. The van der Waals surface area contributed by atoms with Crippen LogP contribution in [0.25, 0.3) is 43.1 Å². The first-order valence-electron chi connectivity index (χ1n) is 16.2. The van der Waals surface area contributed by atoms with Gasteiger partial charge in [0.15, 0.2) is 23.1 Å². The van der Waals surface area contributed by atoms with Gasteiger partial charge in [-0.05, 0) is 94.3 Å². The van der Waals surface area contributed by atoms with Gasteiger partial charge in [-0.3, -0.25) is 19.2 Å². The quantitative estimate of drug-likeness (QED) is 0.149. The molecule has 10 rings (SSSR count). The predicted molar refractivity (Wildman–Crippen MR) is 189 cm³/mol. The number of rotatable bonds is 0. The minimum atomic E-state index is -0.457. The molecule has 0 atom stereocenters. The third-order valence-electron chi connectivity index (χ3n) is 9.82. The summed E-state index contributed by atoms with van der Waals surface area (Å²) in [6.45, 7) is 0. The van der Waals surface area contributed by atoms with Crippen molar-refractivity contribution in [3.63, 3.8) is 0 Å². The van der Waals surface area contributed by atoms with Gasteiger partial charge in [0.25, 0.3) is 0 Å². The van der Waals surface area contributed by atoms with E-state index >= 15 is 0 Å². The summed E-state index contributed by atoms with van der Waals surface area (Å²) in [5.41, 5.74) is 1.58. The van der Waals surface area contributed by atoms with Gasteiger partial charge in [0.2, 0.25) is 0 Å². The number of ketones is 4. The van der Waals surface area contributed by atoms with Gasteiger partial charge in [-0.15, -0.1) is 0 Å². The molecule has 248 valence electrons. The van der Waals surface area contributed by atoms with Crippen molar-refractivity contribution in [1.29, 1.82) is 0 Å². The molecule has 2 aliphatic carbocycles. The maximum Gasteiger partial charge on any atom is 0.194 e. The molecule has 0 spiro atoms. The number of carbonyl (C=O) groups excluding carboxylic acids is 4. The number of fused-ring (bicyclic) bond motifs is 8. The molecule has 0 saturated heterocycles. The predicted octanol–water partition coefficient (Wildman–Crippen LogP) is 10.1. The summed E-state index contributed by atoms with van der Waals surface area (Å²) in [6.07, 6.45) is 0. The molecule has 0 bridgehead atoms. The highest BCUT2D eigenvalue weighted by Crippen LogP contribution is 2.36. The third kappa shape index (κ3) is 4.61. The molecule has 52 heavy (non-hydrogen) atoms. The van der Waals surface area contributed by atoms with E-state index in [4.69, 9.17) is 0 Å². The molecule has 2 aliphatic rings. The second-order valence-electron chi connectivity index (χ2n) is 12.8. The number of hydrogen-bond acceptors (Lipinski definition) is 4. The highest BCUT2D eigenvalue weighted by atomic mass is 19.1. The minimum Gasteiger partial charge on any atom is -0.289 e. The summed E-state index contributed by atoms with van der Waals surface area (Å²) in [5, 5.41) is 3.34. The molecule has 0 N–H and O–H groups in total. The van der Waals surface area contributed by atoms with E-state index in [1.165, 1.54) is 60.7 Å². The first-order chi connectivity index (χ1) is 25.1. The Labute approximate surface area is 291 Å². The molecule has 4 nitrogen and oxygen atoms in total. The van der Waals surface area contributed by atoms with E-state index < -0.39 is 29.1 Å². The van der Waals surface area contributed by atoms with Crippen LogP contribution >= 0.6 is 0 Å². The van der Waals surface area contributed by atoms with Gasteiger partial charge < -0.3 is 0 Å². The van der Waals surface area contributed by atoms with Gasteiger partial charge in [-0.2, -0.15) is 0 Å². The first-order valence-corrected chi connectivity index (χ1v) is 16.2. The molecular formula is C44H20F4O4. The highest BCUT2D eigenvalue weighted by Gasteiger charge is 2.32. The smallest absolute Gasteiger partial charge is 0.194 e. The summed E-state index contributed by atoms with van der Waals surface area (Å²) in [4.78, 5) is 51.9. The molecule has 8 heteroatoms. The largest absolute Gasteiger partial charge is 0.289 e. The maximum absolute atomic E-state index is 14.1. The Hall–Kier alpha value is -6.80. The normalized spacial score (nSPS) is 13.2. The van der Waals surface area contributed by atoms with Gasteiger partial charge in [0, 0.05) is 66.1 Å². The fourth-order valence-electron chi connectivity index (χ4n) is 7.23. The number of benzene rings is 8. The van der Waals surface area contributed by atoms with Crippen LogP contribution in [0.2, 0.25) is 0 Å². The topological polar surface area (TPSA) is 68.3 Å². The second-order valence-corrected chi connectivity index (χ2v) is 12.8. The zero-order valence-corrected chi connectivity index (χ0v) is 26.7. The molecule has 0 fully saturated rings. The van der Waals surface area contributed by atoms with E-state index in [-0.39, 0.29) is 72.6 Å². The molecule has 0 heterocycles. The van der Waals surface area contributed by atoms with Gasteiger partial charge in [-0.1, -0.05) is 48.5 Å². The molecular weight excluding hydrogens is 668 g/mol. The van der Waals surface area contributed by atoms with Crippen LogP contribution in [-0.4, -0.2) is 23.1 Å². The lowest BCUT2D eigenvalue weighted by Gasteiger charge is -2.19. The average Bonchev–Trinajstić information content (AvgIpc) is 3.15. The van der Waals surface area contributed by atoms with Crippen LogP contribution in [0.1, 0.15) is 63.7 Å². The van der Waals surface area contributed by atoms with Crippen LogP contribution in [0.15, 0.2) is 121 Å². The Morgan fingerprint density at radius 2 is 0.462 bits per heavy atom. The molecule has 0 aliphatic heterocycles. The van der Waals surface area contributed by atoms with Crippen molar-refractivity contribution in [2.24, 2.45) is 0 Å². The van der Waals surface area contributed by atoms with Crippen LogP contribution in [0.4, 0.5) is 17.6 Å². The molecule has 8 aromatic carbocycles. The van der Waals surface area contributed by atoms with Gasteiger partial charge in [-0.25, -0.2) is 17.6 Å². The lowest BCUT2D eigenvalue weighted by Crippen LogP contribution is -2.21. The highest BCUT2D eigenvalue weighted by molar-refractivity contribution is 6.31. The van der Waals surface area contributed by atoms with Crippen molar-refractivity contribution >= 4 is 66.2 Å². The van der Waals surface area contributed by atoms with E-state index in [2.05, 4.69) is 0 Å². The van der Waals surface area contributed by atoms with Crippen LogP contribution < -0.4 is 0 Å². The number of hydrogen-bond donors (Lipinski definition) is 0. The Balaban J connectivity index is 0.000000138. The molecule has 0 saturated carbocycles. The van der Waals surface area contributed by atoms with E-state index in [1.807, 2.05) is 0 Å². The summed E-state index contributed by atoms with van der Waals surface area (Å²) in [6, 6.07) is 30.1.